The van der Waals surface area contributed by atoms with Crippen molar-refractivity contribution in [1.82, 2.24) is 5.32 Å². The number of sulfone groups is 1. The molecule has 6 heteroatoms. The lowest BCUT2D eigenvalue weighted by Crippen LogP contribution is -2.18. The summed E-state index contributed by atoms with van der Waals surface area (Å²) in [5.74, 6) is 0.682. The minimum absolute atomic E-state index is 0.0922. The molecule has 0 fully saturated rings. The van der Waals surface area contributed by atoms with Crippen LogP contribution in [0.25, 0.3) is 0 Å². The monoisotopic (exact) mass is 349 g/mol. The number of hydrogen-bond acceptors (Lipinski definition) is 5. The molecule has 0 saturated heterocycles. The minimum Gasteiger partial charge on any atom is -0.504 e. The number of rotatable bonds is 9. The molecule has 0 unspecified atom stereocenters. The molecular weight excluding hydrogens is 326 g/mol. The van der Waals surface area contributed by atoms with E-state index in [0.29, 0.717) is 36.8 Å². The summed E-state index contributed by atoms with van der Waals surface area (Å²) in [6.45, 7) is 3.35. The summed E-state index contributed by atoms with van der Waals surface area (Å²) in [4.78, 5) is 0.354. The van der Waals surface area contributed by atoms with Gasteiger partial charge in [-0.15, -0.1) is 0 Å². The first-order valence-corrected chi connectivity index (χ1v) is 9.62. The van der Waals surface area contributed by atoms with E-state index < -0.39 is 9.84 Å². The molecule has 0 aromatic heterocycles. The summed E-state index contributed by atoms with van der Waals surface area (Å²) in [6.07, 6.45) is 0.503. The zero-order valence-corrected chi connectivity index (χ0v) is 14.6. The Hall–Kier alpha value is -2.05. The second-order valence-electron chi connectivity index (χ2n) is 5.36. The fourth-order valence-corrected chi connectivity index (χ4v) is 3.67. The summed E-state index contributed by atoms with van der Waals surface area (Å²) < 4.78 is 29.6. The number of hydrogen-bond donors (Lipinski definition) is 2. The summed E-state index contributed by atoms with van der Waals surface area (Å²) >= 11 is 0. The number of para-hydroxylation sites is 1. The minimum atomic E-state index is -3.24. The number of phenols is 1. The van der Waals surface area contributed by atoms with Crippen LogP contribution in [0.3, 0.4) is 0 Å². The van der Waals surface area contributed by atoms with Crippen molar-refractivity contribution in [2.24, 2.45) is 0 Å². The van der Waals surface area contributed by atoms with Crippen LogP contribution in [0.15, 0.2) is 53.4 Å². The van der Waals surface area contributed by atoms with E-state index >= 15 is 0 Å². The van der Waals surface area contributed by atoms with Crippen LogP contribution in [-0.4, -0.2) is 32.4 Å². The van der Waals surface area contributed by atoms with Gasteiger partial charge in [0.05, 0.1) is 17.3 Å². The van der Waals surface area contributed by atoms with Crippen molar-refractivity contribution < 1.29 is 18.3 Å². The maximum absolute atomic E-state index is 12.2. The smallest absolute Gasteiger partial charge is 0.178 e. The molecule has 2 aromatic carbocycles. The molecule has 0 aliphatic heterocycles. The predicted octanol–water partition coefficient (Wildman–Crippen LogP) is 2.74. The van der Waals surface area contributed by atoms with Gasteiger partial charge in [-0.2, -0.15) is 0 Å². The van der Waals surface area contributed by atoms with E-state index in [1.54, 1.807) is 36.4 Å². The highest BCUT2D eigenvalue weighted by Crippen LogP contribution is 2.29. The number of ether oxygens (including phenoxy) is 1. The fourth-order valence-electron chi connectivity index (χ4n) is 2.34. The maximum Gasteiger partial charge on any atom is 0.178 e. The van der Waals surface area contributed by atoms with Crippen LogP contribution in [0.1, 0.15) is 18.9 Å². The summed E-state index contributed by atoms with van der Waals surface area (Å²) in [5, 5.41) is 13.2. The van der Waals surface area contributed by atoms with Gasteiger partial charge in [0, 0.05) is 12.1 Å². The molecule has 0 heterocycles. The molecule has 24 heavy (non-hydrogen) atoms. The van der Waals surface area contributed by atoms with Gasteiger partial charge < -0.3 is 15.2 Å². The second kappa shape index (κ2) is 8.70. The predicted molar refractivity (Wildman–Crippen MR) is 94.1 cm³/mol. The number of benzene rings is 2. The molecule has 2 rings (SSSR count). The summed E-state index contributed by atoms with van der Waals surface area (Å²) in [6, 6.07) is 13.8. The summed E-state index contributed by atoms with van der Waals surface area (Å²) in [5.41, 5.74) is 0.729. The number of aromatic hydroxyl groups is 1. The topological polar surface area (TPSA) is 75.6 Å². The van der Waals surface area contributed by atoms with Crippen LogP contribution >= 0.6 is 0 Å². The van der Waals surface area contributed by atoms with E-state index in [-0.39, 0.29) is 11.5 Å². The molecule has 5 nitrogen and oxygen atoms in total. The lowest BCUT2D eigenvalue weighted by atomic mass is 10.2. The highest BCUT2D eigenvalue weighted by molar-refractivity contribution is 7.91. The zero-order valence-electron chi connectivity index (χ0n) is 13.7. The Morgan fingerprint density at radius 1 is 1.08 bits per heavy atom. The first-order valence-electron chi connectivity index (χ1n) is 7.97. The van der Waals surface area contributed by atoms with Crippen molar-refractivity contribution in [3.05, 3.63) is 54.1 Å². The molecule has 0 aliphatic rings. The van der Waals surface area contributed by atoms with E-state index in [1.165, 1.54) is 0 Å². The molecule has 0 saturated carbocycles. The lowest BCUT2D eigenvalue weighted by Gasteiger charge is -2.11. The molecule has 2 aromatic rings. The van der Waals surface area contributed by atoms with Gasteiger partial charge in [0.15, 0.2) is 21.3 Å². The largest absolute Gasteiger partial charge is 0.504 e. The molecule has 0 atom stereocenters. The van der Waals surface area contributed by atoms with Crippen molar-refractivity contribution in [2.45, 2.75) is 24.8 Å². The standard InChI is InChI=1S/C18H23NO4S/c1-2-23-17-11-6-8-15(18(17)20)14-19-12-7-13-24(21,22)16-9-4-3-5-10-16/h3-6,8-11,19-20H,2,7,12-14H2,1H3. The first-order chi connectivity index (χ1) is 11.5. The molecule has 2 N–H and O–H groups in total. The van der Waals surface area contributed by atoms with E-state index in [4.69, 9.17) is 4.74 Å². The molecule has 0 amide bonds. The Bertz CT molecular complexity index is 745. The van der Waals surface area contributed by atoms with E-state index in [9.17, 15) is 13.5 Å². The van der Waals surface area contributed by atoms with Crippen molar-refractivity contribution in [2.75, 3.05) is 18.9 Å². The van der Waals surface area contributed by atoms with E-state index in [2.05, 4.69) is 5.32 Å². The number of phenolic OH excluding ortho intramolecular Hbond substituents is 1. The lowest BCUT2D eigenvalue weighted by molar-refractivity contribution is 0.316. The van der Waals surface area contributed by atoms with Crippen LogP contribution in [0, 0.1) is 0 Å². The average Bonchev–Trinajstić information content (AvgIpc) is 2.58. The van der Waals surface area contributed by atoms with Gasteiger partial charge in [-0.3, -0.25) is 0 Å². The van der Waals surface area contributed by atoms with Crippen molar-refractivity contribution in [3.63, 3.8) is 0 Å². The summed E-state index contributed by atoms with van der Waals surface area (Å²) in [7, 11) is -3.24. The molecule has 0 spiro atoms. The third kappa shape index (κ3) is 4.97. The van der Waals surface area contributed by atoms with E-state index in [1.807, 2.05) is 19.1 Å². The highest BCUT2D eigenvalue weighted by atomic mass is 32.2. The molecule has 130 valence electrons. The van der Waals surface area contributed by atoms with Crippen LogP contribution in [0.5, 0.6) is 11.5 Å². The van der Waals surface area contributed by atoms with Gasteiger partial charge in [-0.1, -0.05) is 30.3 Å². The van der Waals surface area contributed by atoms with Gasteiger partial charge >= 0.3 is 0 Å². The highest BCUT2D eigenvalue weighted by Gasteiger charge is 2.13. The van der Waals surface area contributed by atoms with Crippen molar-refractivity contribution >= 4 is 9.84 Å². The normalized spacial score (nSPS) is 11.4. The van der Waals surface area contributed by atoms with Crippen LogP contribution in [-0.2, 0) is 16.4 Å². The Morgan fingerprint density at radius 3 is 2.54 bits per heavy atom. The third-order valence-electron chi connectivity index (χ3n) is 3.57. The SMILES string of the molecule is CCOc1cccc(CNCCCS(=O)(=O)c2ccccc2)c1O. The van der Waals surface area contributed by atoms with Gasteiger partial charge in [-0.25, -0.2) is 8.42 Å². The van der Waals surface area contributed by atoms with Crippen LogP contribution < -0.4 is 10.1 Å². The average molecular weight is 349 g/mol. The Labute approximate surface area is 143 Å². The Balaban J connectivity index is 1.81. The van der Waals surface area contributed by atoms with Crippen LogP contribution in [0.2, 0.25) is 0 Å². The van der Waals surface area contributed by atoms with Gasteiger partial charge in [0.2, 0.25) is 0 Å². The zero-order chi connectivity index (χ0) is 17.4. The second-order valence-corrected chi connectivity index (χ2v) is 7.47. The quantitative estimate of drug-likeness (QED) is 0.681. The van der Waals surface area contributed by atoms with E-state index in [0.717, 1.165) is 5.56 Å². The fraction of sp³-hybridized carbons (Fsp3) is 0.333. The van der Waals surface area contributed by atoms with Gasteiger partial charge in [0.1, 0.15) is 0 Å². The maximum atomic E-state index is 12.2. The molecule has 0 radical (unpaired) electrons. The molecular formula is C18H23NO4S. The first kappa shape index (κ1) is 18.3. The Morgan fingerprint density at radius 2 is 1.83 bits per heavy atom. The van der Waals surface area contributed by atoms with Crippen molar-refractivity contribution in [3.8, 4) is 11.5 Å². The Kier molecular flexibility index (Phi) is 6.63. The van der Waals surface area contributed by atoms with Gasteiger partial charge in [-0.05, 0) is 38.1 Å². The third-order valence-corrected chi connectivity index (χ3v) is 5.38. The van der Waals surface area contributed by atoms with Crippen LogP contribution in [0.4, 0.5) is 0 Å². The molecule has 0 aliphatic carbocycles. The van der Waals surface area contributed by atoms with Gasteiger partial charge in [0.25, 0.3) is 0 Å². The molecule has 0 bridgehead atoms. The van der Waals surface area contributed by atoms with Crippen molar-refractivity contribution in [1.29, 1.82) is 0 Å². The number of nitrogens with one attached hydrogen (secondary N) is 1.